The maximum Gasteiger partial charge on any atom is 0.266 e. The standard InChI is InChI=1S/C15H21N3OS2/c1-8-6-11-12(10(3)17-8)13(16)14(21-11)15(19)18(4)9(2)7-20-5/h6,9H,7,16H2,1-5H3. The lowest BCUT2D eigenvalue weighted by molar-refractivity contribution is 0.0763. The first-order valence-corrected chi connectivity index (χ1v) is 9.00. The molecule has 21 heavy (non-hydrogen) atoms. The predicted octanol–water partition coefficient (Wildman–Crippen LogP) is 3.32. The Bertz CT molecular complexity index is 681. The van der Waals surface area contributed by atoms with E-state index in [0.29, 0.717) is 10.6 Å². The van der Waals surface area contributed by atoms with E-state index in [9.17, 15) is 4.79 Å². The van der Waals surface area contributed by atoms with Crippen LogP contribution in [0.5, 0.6) is 0 Å². The number of aryl methyl sites for hydroxylation is 2. The van der Waals surface area contributed by atoms with Gasteiger partial charge in [0.2, 0.25) is 0 Å². The van der Waals surface area contributed by atoms with E-state index < -0.39 is 0 Å². The molecule has 0 spiro atoms. The number of rotatable bonds is 4. The van der Waals surface area contributed by atoms with Crippen LogP contribution in [-0.2, 0) is 0 Å². The van der Waals surface area contributed by atoms with Crippen molar-refractivity contribution in [2.24, 2.45) is 0 Å². The number of hydrogen-bond acceptors (Lipinski definition) is 5. The molecule has 2 aromatic heterocycles. The highest BCUT2D eigenvalue weighted by molar-refractivity contribution is 7.98. The van der Waals surface area contributed by atoms with Crippen LogP contribution in [0.15, 0.2) is 6.07 Å². The number of nitrogen functional groups attached to an aromatic ring is 1. The topological polar surface area (TPSA) is 59.2 Å². The van der Waals surface area contributed by atoms with Crippen LogP contribution in [-0.4, -0.2) is 40.9 Å². The first kappa shape index (κ1) is 16.1. The molecular weight excluding hydrogens is 302 g/mol. The van der Waals surface area contributed by atoms with Crippen LogP contribution < -0.4 is 5.73 Å². The molecule has 2 rings (SSSR count). The maximum atomic E-state index is 12.7. The molecule has 0 aromatic carbocycles. The van der Waals surface area contributed by atoms with Gasteiger partial charge in [-0.25, -0.2) is 0 Å². The Kier molecular flexibility index (Phi) is 4.78. The van der Waals surface area contributed by atoms with Gasteiger partial charge in [0.1, 0.15) is 4.88 Å². The minimum atomic E-state index is -0.00713. The van der Waals surface area contributed by atoms with Crippen LogP contribution in [0.2, 0.25) is 0 Å². The summed E-state index contributed by atoms with van der Waals surface area (Å²) >= 11 is 3.19. The number of anilines is 1. The van der Waals surface area contributed by atoms with Crippen LogP contribution in [0.4, 0.5) is 5.69 Å². The van der Waals surface area contributed by atoms with Gasteiger partial charge in [0.15, 0.2) is 0 Å². The summed E-state index contributed by atoms with van der Waals surface area (Å²) in [6, 6.07) is 2.17. The van der Waals surface area contributed by atoms with Gasteiger partial charge in [0.05, 0.1) is 5.69 Å². The largest absolute Gasteiger partial charge is 0.397 e. The first-order valence-electron chi connectivity index (χ1n) is 6.79. The highest BCUT2D eigenvalue weighted by Gasteiger charge is 2.23. The zero-order valence-corrected chi connectivity index (χ0v) is 14.7. The number of carbonyl (C=O) groups excluding carboxylic acids is 1. The number of amides is 1. The van der Waals surface area contributed by atoms with Crippen molar-refractivity contribution >= 4 is 44.8 Å². The Balaban J connectivity index is 2.45. The van der Waals surface area contributed by atoms with Gasteiger partial charge in [-0.15, -0.1) is 11.3 Å². The number of carbonyl (C=O) groups is 1. The molecule has 2 N–H and O–H groups in total. The van der Waals surface area contributed by atoms with Gasteiger partial charge >= 0.3 is 0 Å². The first-order chi connectivity index (χ1) is 9.86. The van der Waals surface area contributed by atoms with Crippen molar-refractivity contribution in [1.82, 2.24) is 9.88 Å². The van der Waals surface area contributed by atoms with Crippen LogP contribution in [0.25, 0.3) is 10.1 Å². The van der Waals surface area contributed by atoms with E-state index in [-0.39, 0.29) is 11.9 Å². The summed E-state index contributed by atoms with van der Waals surface area (Å²) in [6.07, 6.45) is 2.04. The Morgan fingerprint density at radius 1 is 1.52 bits per heavy atom. The summed E-state index contributed by atoms with van der Waals surface area (Å²) in [4.78, 5) is 19.5. The summed E-state index contributed by atoms with van der Waals surface area (Å²) in [5.74, 6) is 0.902. The average Bonchev–Trinajstić information content (AvgIpc) is 2.74. The van der Waals surface area contributed by atoms with E-state index in [4.69, 9.17) is 5.73 Å². The molecule has 0 aliphatic rings. The molecule has 0 radical (unpaired) electrons. The molecule has 4 nitrogen and oxygen atoms in total. The molecule has 0 saturated carbocycles. The molecule has 0 saturated heterocycles. The number of hydrogen-bond donors (Lipinski definition) is 1. The van der Waals surface area contributed by atoms with E-state index in [1.807, 2.05) is 33.2 Å². The third-order valence-electron chi connectivity index (χ3n) is 3.60. The van der Waals surface area contributed by atoms with Crippen molar-refractivity contribution in [3.8, 4) is 0 Å². The quantitative estimate of drug-likeness (QED) is 0.937. The SMILES string of the molecule is CSCC(C)N(C)C(=O)c1sc2cc(C)nc(C)c2c1N. The lowest BCUT2D eigenvalue weighted by atomic mass is 10.2. The third kappa shape index (κ3) is 3.01. The summed E-state index contributed by atoms with van der Waals surface area (Å²) in [5, 5.41) is 0.917. The minimum Gasteiger partial charge on any atom is -0.397 e. The van der Waals surface area contributed by atoms with Crippen LogP contribution >= 0.6 is 23.1 Å². The Labute approximate surface area is 133 Å². The van der Waals surface area contributed by atoms with Crippen molar-refractivity contribution in [3.05, 3.63) is 22.3 Å². The molecule has 0 aliphatic heterocycles. The van der Waals surface area contributed by atoms with Gasteiger partial charge in [-0.2, -0.15) is 11.8 Å². The van der Waals surface area contributed by atoms with E-state index in [2.05, 4.69) is 11.9 Å². The molecule has 1 unspecified atom stereocenters. The van der Waals surface area contributed by atoms with Gasteiger partial charge in [0.25, 0.3) is 5.91 Å². The number of nitrogens with zero attached hydrogens (tertiary/aromatic N) is 2. The smallest absolute Gasteiger partial charge is 0.266 e. The Hall–Kier alpha value is -1.27. The molecule has 1 atom stereocenters. The van der Waals surface area contributed by atoms with Crippen molar-refractivity contribution in [2.45, 2.75) is 26.8 Å². The van der Waals surface area contributed by atoms with Gasteiger partial charge in [-0.05, 0) is 33.1 Å². The lowest BCUT2D eigenvalue weighted by Gasteiger charge is -2.23. The maximum absolute atomic E-state index is 12.7. The fraction of sp³-hybridized carbons (Fsp3) is 0.467. The number of pyridine rings is 1. The number of nitrogens with two attached hydrogens (primary N) is 1. The van der Waals surface area contributed by atoms with Gasteiger partial charge in [-0.1, -0.05) is 0 Å². The van der Waals surface area contributed by atoms with Gasteiger partial charge < -0.3 is 10.6 Å². The van der Waals surface area contributed by atoms with Crippen molar-refractivity contribution < 1.29 is 4.79 Å². The van der Waals surface area contributed by atoms with Crippen LogP contribution in [0, 0.1) is 13.8 Å². The molecule has 0 aliphatic carbocycles. The highest BCUT2D eigenvalue weighted by atomic mass is 32.2. The third-order valence-corrected chi connectivity index (χ3v) is 5.56. The number of aromatic nitrogens is 1. The summed E-state index contributed by atoms with van der Waals surface area (Å²) in [7, 11) is 1.84. The number of thioether (sulfide) groups is 1. The van der Waals surface area contributed by atoms with Crippen molar-refractivity contribution in [1.29, 1.82) is 0 Å². The molecule has 114 valence electrons. The summed E-state index contributed by atoms with van der Waals surface area (Å²) in [6.45, 7) is 5.94. The highest BCUT2D eigenvalue weighted by Crippen LogP contribution is 2.36. The second-order valence-corrected chi connectivity index (χ2v) is 7.25. The van der Waals surface area contributed by atoms with Gasteiger partial charge in [0, 0.05) is 40.3 Å². The molecule has 6 heteroatoms. The lowest BCUT2D eigenvalue weighted by Crippen LogP contribution is -2.36. The molecular formula is C15H21N3OS2. The van der Waals surface area contributed by atoms with Crippen molar-refractivity contribution in [2.75, 3.05) is 24.8 Å². The van der Waals surface area contributed by atoms with E-state index in [1.54, 1.807) is 16.7 Å². The number of thiophene rings is 1. The zero-order valence-electron chi connectivity index (χ0n) is 13.1. The second-order valence-electron chi connectivity index (χ2n) is 5.29. The Morgan fingerprint density at radius 3 is 2.81 bits per heavy atom. The average molecular weight is 323 g/mol. The summed E-state index contributed by atoms with van der Waals surface area (Å²) in [5.41, 5.74) is 8.62. The zero-order chi connectivity index (χ0) is 15.7. The molecule has 0 bridgehead atoms. The molecule has 0 fully saturated rings. The van der Waals surface area contributed by atoms with Gasteiger partial charge in [-0.3, -0.25) is 9.78 Å². The fourth-order valence-corrected chi connectivity index (χ4v) is 4.31. The molecule has 2 heterocycles. The molecule has 2 aromatic rings. The fourth-order valence-electron chi connectivity index (χ4n) is 2.35. The van der Waals surface area contributed by atoms with Crippen LogP contribution in [0.3, 0.4) is 0 Å². The minimum absolute atomic E-state index is 0.00713. The molecule has 1 amide bonds. The van der Waals surface area contributed by atoms with Crippen LogP contribution in [0.1, 0.15) is 28.0 Å². The van der Waals surface area contributed by atoms with Crippen molar-refractivity contribution in [3.63, 3.8) is 0 Å². The monoisotopic (exact) mass is 323 g/mol. The van der Waals surface area contributed by atoms with E-state index in [0.717, 1.165) is 27.2 Å². The summed E-state index contributed by atoms with van der Waals surface area (Å²) < 4.78 is 1.03. The number of fused-ring (bicyclic) bond motifs is 1. The van der Waals surface area contributed by atoms with E-state index >= 15 is 0 Å². The Morgan fingerprint density at radius 2 is 2.19 bits per heavy atom. The predicted molar refractivity (Wildman–Crippen MR) is 93.4 cm³/mol. The normalized spacial score (nSPS) is 12.6. The van der Waals surface area contributed by atoms with E-state index in [1.165, 1.54) is 11.3 Å². The second kappa shape index (κ2) is 6.23.